The van der Waals surface area contributed by atoms with Crippen molar-refractivity contribution < 1.29 is 19.1 Å². The summed E-state index contributed by atoms with van der Waals surface area (Å²) in [5.74, 6) is -0.201. The molecule has 2 fully saturated rings. The zero-order chi connectivity index (χ0) is 14.8. The number of nitrogens with zero attached hydrogens (tertiary/aromatic N) is 1. The van der Waals surface area contributed by atoms with Crippen LogP contribution in [0.15, 0.2) is 28.9 Å². The van der Waals surface area contributed by atoms with Gasteiger partial charge in [-0.2, -0.15) is 0 Å². The fraction of sp³-hybridized carbons (Fsp3) is 0.500. The Morgan fingerprint density at radius 1 is 1.33 bits per heavy atom. The van der Waals surface area contributed by atoms with E-state index in [1.807, 2.05) is 0 Å². The molecule has 1 aromatic rings. The normalized spacial score (nSPS) is 28.8. The average molecular weight is 289 g/mol. The van der Waals surface area contributed by atoms with Crippen molar-refractivity contribution in [2.75, 3.05) is 0 Å². The van der Waals surface area contributed by atoms with Gasteiger partial charge in [0.25, 0.3) is 0 Å². The molecule has 1 saturated carbocycles. The third kappa shape index (κ3) is 2.73. The molecule has 2 heterocycles. The second kappa shape index (κ2) is 5.76. The standard InChI is InChI=1S/C16H19NO4/c18-15(8-7-12-5-3-9-21-12)17-13-6-2-1-4-11(13)10-14(17)16(19)20/h3,5,7-9,11,13-14H,1-2,4,6,10H2,(H,19,20). The summed E-state index contributed by atoms with van der Waals surface area (Å²) in [7, 11) is 0. The molecule has 3 rings (SSSR count). The first-order valence-electron chi connectivity index (χ1n) is 7.43. The highest BCUT2D eigenvalue weighted by molar-refractivity contribution is 5.94. The molecule has 1 amide bonds. The molecule has 1 aliphatic heterocycles. The highest BCUT2D eigenvalue weighted by atomic mass is 16.4. The molecule has 1 aromatic heterocycles. The molecule has 3 atom stereocenters. The van der Waals surface area contributed by atoms with Gasteiger partial charge in [-0.15, -0.1) is 0 Å². The van der Waals surface area contributed by atoms with Crippen LogP contribution in [0.5, 0.6) is 0 Å². The summed E-state index contributed by atoms with van der Waals surface area (Å²) < 4.78 is 5.15. The first-order chi connectivity index (χ1) is 10.2. The number of aliphatic carboxylic acids is 1. The van der Waals surface area contributed by atoms with Gasteiger partial charge in [-0.3, -0.25) is 4.79 Å². The van der Waals surface area contributed by atoms with Crippen LogP contribution in [-0.2, 0) is 9.59 Å². The average Bonchev–Trinajstić information content (AvgIpc) is 3.11. The van der Waals surface area contributed by atoms with Crippen LogP contribution in [0.25, 0.3) is 6.08 Å². The van der Waals surface area contributed by atoms with Gasteiger partial charge in [0.05, 0.1) is 6.26 Å². The van der Waals surface area contributed by atoms with Gasteiger partial charge in [-0.05, 0) is 43.4 Å². The molecule has 1 saturated heterocycles. The van der Waals surface area contributed by atoms with Gasteiger partial charge in [0.15, 0.2) is 0 Å². The minimum atomic E-state index is -0.899. The van der Waals surface area contributed by atoms with Gasteiger partial charge in [-0.1, -0.05) is 12.8 Å². The Kier molecular flexibility index (Phi) is 3.82. The molecule has 0 aromatic carbocycles. The van der Waals surface area contributed by atoms with Crippen LogP contribution >= 0.6 is 0 Å². The summed E-state index contributed by atoms with van der Waals surface area (Å²) in [6.45, 7) is 0. The Bertz CT molecular complexity index is 549. The van der Waals surface area contributed by atoms with E-state index in [1.54, 1.807) is 23.1 Å². The lowest BCUT2D eigenvalue weighted by Crippen LogP contribution is -2.45. The Labute approximate surface area is 123 Å². The third-order valence-corrected chi connectivity index (χ3v) is 4.56. The van der Waals surface area contributed by atoms with Gasteiger partial charge < -0.3 is 14.4 Å². The molecule has 1 aliphatic carbocycles. The van der Waals surface area contributed by atoms with E-state index < -0.39 is 12.0 Å². The van der Waals surface area contributed by atoms with Gasteiger partial charge in [-0.25, -0.2) is 4.79 Å². The predicted octanol–water partition coefficient (Wildman–Crippen LogP) is 2.54. The lowest BCUT2D eigenvalue weighted by Gasteiger charge is -2.32. The topological polar surface area (TPSA) is 70.8 Å². The Balaban J connectivity index is 1.79. The predicted molar refractivity (Wildman–Crippen MR) is 76.4 cm³/mol. The fourth-order valence-electron chi connectivity index (χ4n) is 3.62. The zero-order valence-corrected chi connectivity index (χ0v) is 11.8. The quantitative estimate of drug-likeness (QED) is 0.868. The van der Waals surface area contributed by atoms with Crippen LogP contribution in [0.4, 0.5) is 0 Å². The van der Waals surface area contributed by atoms with Gasteiger partial charge in [0, 0.05) is 12.1 Å². The smallest absolute Gasteiger partial charge is 0.326 e. The number of carboxylic acid groups (broad SMARTS) is 1. The fourth-order valence-corrected chi connectivity index (χ4v) is 3.62. The highest BCUT2D eigenvalue weighted by Crippen LogP contribution is 2.39. The number of furan rings is 1. The van der Waals surface area contributed by atoms with Gasteiger partial charge in [0.2, 0.25) is 5.91 Å². The molecular weight excluding hydrogens is 270 g/mol. The maximum Gasteiger partial charge on any atom is 0.326 e. The first kappa shape index (κ1) is 13.9. The Morgan fingerprint density at radius 3 is 2.86 bits per heavy atom. The van der Waals surface area contributed by atoms with Gasteiger partial charge in [0.1, 0.15) is 11.8 Å². The summed E-state index contributed by atoms with van der Waals surface area (Å²) in [5, 5.41) is 9.40. The molecule has 2 aliphatic rings. The molecule has 5 heteroatoms. The van der Waals surface area contributed by atoms with E-state index in [2.05, 4.69) is 0 Å². The van der Waals surface area contributed by atoms with E-state index in [4.69, 9.17) is 4.42 Å². The van der Waals surface area contributed by atoms with E-state index in [0.29, 0.717) is 18.1 Å². The van der Waals surface area contributed by atoms with Crippen molar-refractivity contribution in [1.82, 2.24) is 4.90 Å². The van der Waals surface area contributed by atoms with E-state index in [9.17, 15) is 14.7 Å². The maximum absolute atomic E-state index is 12.4. The number of likely N-dealkylation sites (tertiary alicyclic amines) is 1. The molecule has 5 nitrogen and oxygen atoms in total. The van der Waals surface area contributed by atoms with Crippen molar-refractivity contribution >= 4 is 18.0 Å². The van der Waals surface area contributed by atoms with Gasteiger partial charge >= 0.3 is 5.97 Å². The Hall–Kier alpha value is -2.04. The molecule has 112 valence electrons. The lowest BCUT2D eigenvalue weighted by molar-refractivity contribution is -0.147. The van der Waals surface area contributed by atoms with Crippen molar-refractivity contribution in [2.24, 2.45) is 5.92 Å². The third-order valence-electron chi connectivity index (χ3n) is 4.56. The maximum atomic E-state index is 12.4. The van der Waals surface area contributed by atoms with Crippen LogP contribution in [0.2, 0.25) is 0 Å². The summed E-state index contributed by atoms with van der Waals surface area (Å²) >= 11 is 0. The summed E-state index contributed by atoms with van der Waals surface area (Å²) in [6.07, 6.45) is 9.28. The van der Waals surface area contributed by atoms with Crippen molar-refractivity contribution in [2.45, 2.75) is 44.2 Å². The SMILES string of the molecule is O=C(O)C1CC2CCCCC2N1C(=O)C=Cc1ccco1. The molecule has 1 N–H and O–H groups in total. The number of fused-ring (bicyclic) bond motifs is 1. The minimum absolute atomic E-state index is 0.0774. The monoisotopic (exact) mass is 289 g/mol. The first-order valence-corrected chi connectivity index (χ1v) is 7.43. The van der Waals surface area contributed by atoms with Crippen molar-refractivity contribution in [3.63, 3.8) is 0 Å². The molecule has 3 unspecified atom stereocenters. The number of hydrogen-bond donors (Lipinski definition) is 1. The van der Waals surface area contributed by atoms with E-state index in [1.165, 1.54) is 12.3 Å². The molecular formula is C16H19NO4. The number of carbonyl (C=O) groups is 2. The van der Waals surface area contributed by atoms with Crippen LogP contribution in [0.3, 0.4) is 0 Å². The number of carboxylic acids is 1. The number of rotatable bonds is 3. The zero-order valence-electron chi connectivity index (χ0n) is 11.8. The van der Waals surface area contributed by atoms with Crippen molar-refractivity contribution in [3.8, 4) is 0 Å². The van der Waals surface area contributed by atoms with Crippen LogP contribution in [-0.4, -0.2) is 34.0 Å². The van der Waals surface area contributed by atoms with E-state index in [0.717, 1.165) is 25.7 Å². The molecule has 0 bridgehead atoms. The van der Waals surface area contributed by atoms with Crippen LogP contribution in [0.1, 0.15) is 37.9 Å². The van der Waals surface area contributed by atoms with E-state index in [-0.39, 0.29) is 11.9 Å². The largest absolute Gasteiger partial charge is 0.480 e. The van der Waals surface area contributed by atoms with Crippen molar-refractivity contribution in [1.29, 1.82) is 0 Å². The summed E-state index contributed by atoms with van der Waals surface area (Å²) in [6, 6.07) is 2.89. The summed E-state index contributed by atoms with van der Waals surface area (Å²) in [5.41, 5.74) is 0. The second-order valence-electron chi connectivity index (χ2n) is 5.80. The minimum Gasteiger partial charge on any atom is -0.480 e. The van der Waals surface area contributed by atoms with E-state index >= 15 is 0 Å². The lowest BCUT2D eigenvalue weighted by atomic mass is 9.85. The Morgan fingerprint density at radius 2 is 2.14 bits per heavy atom. The second-order valence-corrected chi connectivity index (χ2v) is 5.80. The highest BCUT2D eigenvalue weighted by Gasteiger charge is 2.46. The van der Waals surface area contributed by atoms with Crippen molar-refractivity contribution in [3.05, 3.63) is 30.2 Å². The number of carbonyl (C=O) groups excluding carboxylic acids is 1. The van der Waals surface area contributed by atoms with Crippen LogP contribution < -0.4 is 0 Å². The number of amides is 1. The molecule has 21 heavy (non-hydrogen) atoms. The number of hydrogen-bond acceptors (Lipinski definition) is 3. The summed E-state index contributed by atoms with van der Waals surface area (Å²) in [4.78, 5) is 25.5. The molecule has 0 radical (unpaired) electrons. The van der Waals surface area contributed by atoms with Crippen LogP contribution in [0, 0.1) is 5.92 Å². The molecule has 0 spiro atoms.